The van der Waals surface area contributed by atoms with Crippen LogP contribution in [0.4, 0.5) is 0 Å². The number of halogens is 1. The number of carboxylic acids is 1. The monoisotopic (exact) mass is 237 g/mol. The van der Waals surface area contributed by atoms with Gasteiger partial charge >= 0.3 is 5.97 Å². The highest BCUT2D eigenvalue weighted by Gasteiger charge is 2.07. The van der Waals surface area contributed by atoms with Crippen LogP contribution in [0.3, 0.4) is 0 Å². The average Bonchev–Trinajstić information content (AvgIpc) is 2.64. The summed E-state index contributed by atoms with van der Waals surface area (Å²) in [6.45, 7) is 1.95. The zero-order chi connectivity index (χ0) is 11.7. The number of aliphatic carboxylic acids is 1. The number of fused-ring (bicyclic) bond motifs is 1. The maximum absolute atomic E-state index is 10.5. The summed E-state index contributed by atoms with van der Waals surface area (Å²) in [5.41, 5.74) is 2.93. The standard InChI is InChI=1S/C12H12ClNO2/c1-7-10(13)4-2-8-6-9(14-12(7)8)3-5-11(15)16/h2,4,6,14H,3,5H2,1H3,(H,15,16). The number of H-pyrrole nitrogens is 1. The summed E-state index contributed by atoms with van der Waals surface area (Å²) in [7, 11) is 0. The topological polar surface area (TPSA) is 53.1 Å². The molecule has 1 heterocycles. The van der Waals surface area contributed by atoms with Crippen LogP contribution in [0.2, 0.25) is 5.02 Å². The highest BCUT2D eigenvalue weighted by Crippen LogP contribution is 2.25. The second-order valence-corrected chi connectivity index (χ2v) is 4.23. The van der Waals surface area contributed by atoms with E-state index >= 15 is 0 Å². The van der Waals surface area contributed by atoms with Gasteiger partial charge < -0.3 is 10.1 Å². The Morgan fingerprint density at radius 2 is 2.25 bits per heavy atom. The van der Waals surface area contributed by atoms with Crippen molar-refractivity contribution in [2.24, 2.45) is 0 Å². The number of rotatable bonds is 3. The van der Waals surface area contributed by atoms with Crippen molar-refractivity contribution in [2.45, 2.75) is 19.8 Å². The zero-order valence-corrected chi connectivity index (χ0v) is 9.64. The van der Waals surface area contributed by atoms with Crippen molar-refractivity contribution < 1.29 is 9.90 Å². The molecule has 3 nitrogen and oxygen atoms in total. The molecule has 1 aromatic carbocycles. The van der Waals surface area contributed by atoms with Crippen LogP contribution in [0.1, 0.15) is 17.7 Å². The largest absolute Gasteiger partial charge is 0.481 e. The smallest absolute Gasteiger partial charge is 0.303 e. The van der Waals surface area contributed by atoms with Gasteiger partial charge in [-0.15, -0.1) is 0 Å². The molecule has 0 spiro atoms. The highest BCUT2D eigenvalue weighted by atomic mass is 35.5. The molecule has 0 bridgehead atoms. The third-order valence-corrected chi connectivity index (χ3v) is 3.06. The molecule has 0 fully saturated rings. The third-order valence-electron chi connectivity index (χ3n) is 2.65. The molecule has 0 atom stereocenters. The number of carbonyl (C=O) groups is 1. The summed E-state index contributed by atoms with van der Waals surface area (Å²) in [6, 6.07) is 5.76. The normalized spacial score (nSPS) is 10.9. The summed E-state index contributed by atoms with van der Waals surface area (Å²) in [5.74, 6) is -0.784. The number of benzene rings is 1. The zero-order valence-electron chi connectivity index (χ0n) is 8.88. The highest BCUT2D eigenvalue weighted by molar-refractivity contribution is 6.32. The minimum Gasteiger partial charge on any atom is -0.481 e. The molecule has 1 aromatic heterocycles. The van der Waals surface area contributed by atoms with Crippen molar-refractivity contribution >= 4 is 28.5 Å². The van der Waals surface area contributed by atoms with E-state index in [1.807, 2.05) is 25.1 Å². The Labute approximate surface area is 98.0 Å². The molecule has 84 valence electrons. The molecular weight excluding hydrogens is 226 g/mol. The van der Waals surface area contributed by atoms with E-state index in [-0.39, 0.29) is 6.42 Å². The first-order chi connectivity index (χ1) is 7.58. The summed E-state index contributed by atoms with van der Waals surface area (Å²) in [6.07, 6.45) is 0.653. The van der Waals surface area contributed by atoms with E-state index in [1.165, 1.54) is 0 Å². The molecule has 0 saturated heterocycles. The fourth-order valence-electron chi connectivity index (χ4n) is 1.75. The lowest BCUT2D eigenvalue weighted by molar-refractivity contribution is -0.136. The number of nitrogens with one attached hydrogen (secondary N) is 1. The van der Waals surface area contributed by atoms with Crippen LogP contribution in [-0.4, -0.2) is 16.1 Å². The molecule has 0 unspecified atom stereocenters. The molecule has 16 heavy (non-hydrogen) atoms. The van der Waals surface area contributed by atoms with Gasteiger partial charge in [0.1, 0.15) is 0 Å². The Kier molecular flexibility index (Phi) is 2.88. The SMILES string of the molecule is Cc1c(Cl)ccc2cc(CCC(=O)O)[nH]c12. The van der Waals surface area contributed by atoms with Gasteiger partial charge in [-0.05, 0) is 31.0 Å². The van der Waals surface area contributed by atoms with Gasteiger partial charge in [0.25, 0.3) is 0 Å². The van der Waals surface area contributed by atoms with Gasteiger partial charge in [0.2, 0.25) is 0 Å². The van der Waals surface area contributed by atoms with Gasteiger partial charge in [0, 0.05) is 16.1 Å². The Hall–Kier alpha value is -1.48. The number of carboxylic acid groups (broad SMARTS) is 1. The maximum Gasteiger partial charge on any atom is 0.303 e. The fourth-order valence-corrected chi connectivity index (χ4v) is 1.91. The van der Waals surface area contributed by atoms with Crippen molar-refractivity contribution in [3.05, 3.63) is 34.5 Å². The maximum atomic E-state index is 10.5. The van der Waals surface area contributed by atoms with Gasteiger partial charge in [-0.2, -0.15) is 0 Å². The molecule has 2 rings (SSSR count). The van der Waals surface area contributed by atoms with Gasteiger partial charge in [-0.1, -0.05) is 17.7 Å². The predicted molar refractivity (Wildman–Crippen MR) is 64.0 cm³/mol. The van der Waals surface area contributed by atoms with E-state index in [1.54, 1.807) is 0 Å². The second kappa shape index (κ2) is 4.18. The average molecular weight is 238 g/mol. The molecular formula is C12H12ClNO2. The molecule has 0 amide bonds. The van der Waals surface area contributed by atoms with Gasteiger partial charge in [-0.3, -0.25) is 4.79 Å². The van der Waals surface area contributed by atoms with E-state index < -0.39 is 5.97 Å². The number of hydrogen-bond acceptors (Lipinski definition) is 1. The molecule has 0 aliphatic rings. The van der Waals surface area contributed by atoms with E-state index in [4.69, 9.17) is 16.7 Å². The van der Waals surface area contributed by atoms with Crippen LogP contribution < -0.4 is 0 Å². The molecule has 0 saturated carbocycles. The predicted octanol–water partition coefficient (Wildman–Crippen LogP) is 3.15. The first kappa shape index (κ1) is 11.0. The second-order valence-electron chi connectivity index (χ2n) is 3.82. The summed E-state index contributed by atoms with van der Waals surface area (Å²) in [4.78, 5) is 13.7. The van der Waals surface area contributed by atoms with Crippen LogP contribution in [0.5, 0.6) is 0 Å². The van der Waals surface area contributed by atoms with Crippen molar-refractivity contribution in [2.75, 3.05) is 0 Å². The lowest BCUT2D eigenvalue weighted by Crippen LogP contribution is -1.97. The number of hydrogen-bond donors (Lipinski definition) is 2. The minimum atomic E-state index is -0.784. The first-order valence-electron chi connectivity index (χ1n) is 5.06. The Morgan fingerprint density at radius 1 is 1.50 bits per heavy atom. The van der Waals surface area contributed by atoms with Gasteiger partial charge in [-0.25, -0.2) is 0 Å². The molecule has 2 aromatic rings. The van der Waals surface area contributed by atoms with Crippen LogP contribution in [0.15, 0.2) is 18.2 Å². The molecule has 4 heteroatoms. The van der Waals surface area contributed by atoms with Gasteiger partial charge in [0.05, 0.1) is 11.9 Å². The summed E-state index contributed by atoms with van der Waals surface area (Å²) < 4.78 is 0. The number of aromatic nitrogens is 1. The third kappa shape index (κ3) is 2.04. The van der Waals surface area contributed by atoms with E-state index in [0.29, 0.717) is 6.42 Å². The van der Waals surface area contributed by atoms with Crippen LogP contribution in [0.25, 0.3) is 10.9 Å². The van der Waals surface area contributed by atoms with E-state index in [0.717, 1.165) is 27.2 Å². The first-order valence-corrected chi connectivity index (χ1v) is 5.44. The van der Waals surface area contributed by atoms with Crippen molar-refractivity contribution in [1.29, 1.82) is 0 Å². The quantitative estimate of drug-likeness (QED) is 0.862. The van der Waals surface area contributed by atoms with E-state index in [2.05, 4.69) is 4.98 Å². The van der Waals surface area contributed by atoms with Crippen molar-refractivity contribution in [1.82, 2.24) is 4.98 Å². The summed E-state index contributed by atoms with van der Waals surface area (Å²) >= 11 is 6.01. The molecule has 0 radical (unpaired) electrons. The van der Waals surface area contributed by atoms with E-state index in [9.17, 15) is 4.79 Å². The lowest BCUT2D eigenvalue weighted by Gasteiger charge is -1.98. The minimum absolute atomic E-state index is 0.138. The van der Waals surface area contributed by atoms with Crippen molar-refractivity contribution in [3.63, 3.8) is 0 Å². The Bertz CT molecular complexity index is 545. The number of aryl methyl sites for hydroxylation is 2. The fraction of sp³-hybridized carbons (Fsp3) is 0.250. The van der Waals surface area contributed by atoms with Crippen LogP contribution in [0, 0.1) is 6.92 Å². The molecule has 0 aliphatic heterocycles. The van der Waals surface area contributed by atoms with Crippen LogP contribution in [-0.2, 0) is 11.2 Å². The molecule has 2 N–H and O–H groups in total. The van der Waals surface area contributed by atoms with Gasteiger partial charge in [0.15, 0.2) is 0 Å². The number of aromatic amines is 1. The Balaban J connectivity index is 2.36. The molecule has 0 aliphatic carbocycles. The lowest BCUT2D eigenvalue weighted by atomic mass is 10.1. The van der Waals surface area contributed by atoms with Crippen LogP contribution >= 0.6 is 11.6 Å². The summed E-state index contributed by atoms with van der Waals surface area (Å²) in [5, 5.41) is 10.4. The van der Waals surface area contributed by atoms with Crippen molar-refractivity contribution in [3.8, 4) is 0 Å². The Morgan fingerprint density at radius 3 is 2.94 bits per heavy atom.